The van der Waals surface area contributed by atoms with E-state index in [4.69, 9.17) is 16.6 Å². The number of aromatic nitrogens is 4. The molecular formula is C38H44ClFN8O6. The zero-order valence-electron chi connectivity index (χ0n) is 31.2. The van der Waals surface area contributed by atoms with Crippen LogP contribution in [0.2, 0.25) is 5.15 Å². The standard InChI is InChI=1S/C38H44ClFN8O6/c1-20(2)22(5)48(33(50)17-42-38(52)54-7)19-30-43-29-13-10-25-14-23(8-11-26(25)34(29)44-30)24-9-12-27(28(40)15-24)35-36(39)46-31(45-35)18-47(21(3)4)32(49)16-41-37(51)53-6/h8-15,20-22H,16-19H2,1-7H3,(H,41,51)(H,42,52)(H,43,44)(H,45,46)/t22-/m1/s1. The largest absolute Gasteiger partial charge is 0.453 e. The molecule has 0 aliphatic rings. The van der Waals surface area contributed by atoms with Crippen LogP contribution in [0.4, 0.5) is 14.0 Å². The summed E-state index contributed by atoms with van der Waals surface area (Å²) in [6.45, 7) is 9.45. The van der Waals surface area contributed by atoms with Crippen LogP contribution >= 0.6 is 11.6 Å². The Morgan fingerprint density at radius 1 is 0.796 bits per heavy atom. The van der Waals surface area contributed by atoms with Gasteiger partial charge in [-0.25, -0.2) is 23.9 Å². The number of ether oxygens (including phenoxy) is 2. The average molecular weight is 763 g/mol. The Hall–Kier alpha value is -5.70. The first-order chi connectivity index (χ1) is 25.7. The van der Waals surface area contributed by atoms with Crippen molar-refractivity contribution in [2.75, 3.05) is 27.3 Å². The highest BCUT2D eigenvalue weighted by atomic mass is 35.5. The van der Waals surface area contributed by atoms with Crippen molar-refractivity contribution in [3.8, 4) is 22.4 Å². The van der Waals surface area contributed by atoms with Crippen LogP contribution in [0.1, 0.15) is 46.3 Å². The first-order valence-corrected chi connectivity index (χ1v) is 17.8. The molecule has 0 aliphatic carbocycles. The summed E-state index contributed by atoms with van der Waals surface area (Å²) < 4.78 is 24.9. The van der Waals surface area contributed by atoms with Crippen LogP contribution in [0.15, 0.2) is 48.5 Å². The third-order valence-electron chi connectivity index (χ3n) is 9.30. The van der Waals surface area contributed by atoms with E-state index in [1.54, 1.807) is 17.0 Å². The zero-order valence-corrected chi connectivity index (χ0v) is 31.9. The average Bonchev–Trinajstić information content (AvgIpc) is 3.75. The SMILES string of the molecule is COC(=O)NCC(=O)N(Cc1nc(Cl)c(-c2ccc(-c3ccc4c(ccc5nc(CN(C(=O)CNC(=O)OC)[C@H](C)C(C)C)[nH]c54)c3)cc2F)[nH]1)C(C)C. The van der Waals surface area contributed by atoms with Crippen LogP contribution in [0.25, 0.3) is 44.2 Å². The monoisotopic (exact) mass is 762 g/mol. The fourth-order valence-electron chi connectivity index (χ4n) is 6.01. The number of carbonyl (C=O) groups is 4. The van der Waals surface area contributed by atoms with Crippen molar-refractivity contribution in [2.45, 2.75) is 59.8 Å². The summed E-state index contributed by atoms with van der Waals surface area (Å²) in [5.41, 5.74) is 3.45. The fourth-order valence-corrected chi connectivity index (χ4v) is 6.26. The maximum absolute atomic E-state index is 15.7. The van der Waals surface area contributed by atoms with Gasteiger partial charge in [-0.05, 0) is 67.5 Å². The van der Waals surface area contributed by atoms with E-state index < -0.39 is 18.0 Å². The van der Waals surface area contributed by atoms with Gasteiger partial charge >= 0.3 is 12.2 Å². The normalized spacial score (nSPS) is 11.9. The lowest BCUT2D eigenvalue weighted by atomic mass is 9.99. The minimum atomic E-state index is -0.721. The molecule has 0 unspecified atom stereocenters. The molecule has 0 saturated carbocycles. The van der Waals surface area contributed by atoms with Crippen molar-refractivity contribution in [1.29, 1.82) is 0 Å². The van der Waals surface area contributed by atoms with Crippen LogP contribution in [0, 0.1) is 11.7 Å². The van der Waals surface area contributed by atoms with E-state index in [1.807, 2.05) is 65.0 Å². The van der Waals surface area contributed by atoms with Crippen molar-refractivity contribution in [3.63, 3.8) is 0 Å². The molecule has 1 atom stereocenters. The fraction of sp³-hybridized carbons (Fsp3) is 0.368. The summed E-state index contributed by atoms with van der Waals surface area (Å²) in [6, 6.07) is 14.1. The number of nitrogens with zero attached hydrogens (tertiary/aromatic N) is 4. The quantitative estimate of drug-likeness (QED) is 0.107. The smallest absolute Gasteiger partial charge is 0.407 e. The van der Waals surface area contributed by atoms with Gasteiger partial charge < -0.3 is 39.9 Å². The van der Waals surface area contributed by atoms with Crippen LogP contribution in [0.5, 0.6) is 0 Å². The van der Waals surface area contributed by atoms with Gasteiger partial charge in [0.1, 0.15) is 30.6 Å². The second kappa shape index (κ2) is 17.0. The Labute approximate surface area is 316 Å². The molecule has 3 aromatic carbocycles. The number of H-pyrrole nitrogens is 2. The van der Waals surface area contributed by atoms with Gasteiger partial charge in [0.15, 0.2) is 5.15 Å². The number of fused-ring (bicyclic) bond motifs is 3. The minimum absolute atomic E-state index is 0.0538. The van der Waals surface area contributed by atoms with E-state index >= 15 is 4.39 Å². The van der Waals surface area contributed by atoms with Crippen LogP contribution in [-0.2, 0) is 32.2 Å². The lowest BCUT2D eigenvalue weighted by Gasteiger charge is -2.31. The molecule has 5 aromatic rings. The highest BCUT2D eigenvalue weighted by Gasteiger charge is 2.25. The molecule has 0 spiro atoms. The topological polar surface area (TPSA) is 175 Å². The second-order valence-corrected chi connectivity index (χ2v) is 13.8. The molecule has 0 aliphatic heterocycles. The van der Waals surface area contributed by atoms with Gasteiger partial charge in [-0.15, -0.1) is 0 Å². The molecule has 4 amide bonds. The molecule has 14 nitrogen and oxygen atoms in total. The second-order valence-electron chi connectivity index (χ2n) is 13.4. The molecular weight excluding hydrogens is 719 g/mol. The minimum Gasteiger partial charge on any atom is -0.453 e. The number of alkyl carbamates (subject to hydrolysis) is 2. The summed E-state index contributed by atoms with van der Waals surface area (Å²) in [6.07, 6.45) is -1.40. The van der Waals surface area contributed by atoms with E-state index in [-0.39, 0.29) is 72.4 Å². The molecule has 2 heterocycles. The molecule has 0 bridgehead atoms. The predicted octanol–water partition coefficient (Wildman–Crippen LogP) is 6.39. The summed E-state index contributed by atoms with van der Waals surface area (Å²) in [5.74, 6) is -0.0329. The van der Waals surface area contributed by atoms with Gasteiger partial charge in [0, 0.05) is 23.0 Å². The molecule has 0 saturated heterocycles. The Balaban J connectivity index is 1.36. The van der Waals surface area contributed by atoms with Crippen molar-refractivity contribution in [2.24, 2.45) is 5.92 Å². The molecule has 4 N–H and O–H groups in total. The summed E-state index contributed by atoms with van der Waals surface area (Å²) in [5, 5.41) is 6.69. The molecule has 5 rings (SSSR count). The highest BCUT2D eigenvalue weighted by molar-refractivity contribution is 6.32. The van der Waals surface area contributed by atoms with Crippen molar-refractivity contribution in [1.82, 2.24) is 40.4 Å². The zero-order chi connectivity index (χ0) is 39.3. The third kappa shape index (κ3) is 8.90. The summed E-state index contributed by atoms with van der Waals surface area (Å²) in [4.78, 5) is 67.7. The maximum Gasteiger partial charge on any atom is 0.407 e. The van der Waals surface area contributed by atoms with Crippen LogP contribution in [0.3, 0.4) is 0 Å². The van der Waals surface area contributed by atoms with Crippen LogP contribution in [-0.4, -0.2) is 93.1 Å². The lowest BCUT2D eigenvalue weighted by Crippen LogP contribution is -2.46. The first-order valence-electron chi connectivity index (χ1n) is 17.4. The Morgan fingerprint density at radius 3 is 2.00 bits per heavy atom. The van der Waals surface area contributed by atoms with E-state index in [9.17, 15) is 19.2 Å². The number of hydrogen-bond donors (Lipinski definition) is 4. The van der Waals surface area contributed by atoms with E-state index in [0.717, 1.165) is 27.4 Å². The number of rotatable bonds is 13. The summed E-state index contributed by atoms with van der Waals surface area (Å²) in [7, 11) is 2.45. The van der Waals surface area contributed by atoms with Crippen molar-refractivity contribution >= 4 is 57.4 Å². The molecule has 0 fully saturated rings. The van der Waals surface area contributed by atoms with Gasteiger partial charge in [-0.2, -0.15) is 0 Å². The molecule has 286 valence electrons. The summed E-state index contributed by atoms with van der Waals surface area (Å²) >= 11 is 6.46. The number of benzene rings is 3. The number of nitrogens with one attached hydrogen (secondary N) is 4. The molecule has 16 heteroatoms. The third-order valence-corrected chi connectivity index (χ3v) is 9.58. The van der Waals surface area contributed by atoms with E-state index in [1.165, 1.54) is 25.2 Å². The number of imidazole rings is 2. The Bertz CT molecular complexity index is 2180. The van der Waals surface area contributed by atoms with Crippen molar-refractivity contribution in [3.05, 3.63) is 71.2 Å². The van der Waals surface area contributed by atoms with Gasteiger partial charge in [-0.1, -0.05) is 49.7 Å². The number of halogens is 2. The number of hydrogen-bond acceptors (Lipinski definition) is 8. The molecule has 2 aromatic heterocycles. The first kappa shape index (κ1) is 39.5. The van der Waals surface area contributed by atoms with Gasteiger partial charge in [-0.3, -0.25) is 9.59 Å². The van der Waals surface area contributed by atoms with Gasteiger partial charge in [0.05, 0.1) is 44.0 Å². The highest BCUT2D eigenvalue weighted by Crippen LogP contribution is 2.34. The molecule has 54 heavy (non-hydrogen) atoms. The number of methoxy groups -OCH3 is 2. The van der Waals surface area contributed by atoms with Gasteiger partial charge in [0.2, 0.25) is 11.8 Å². The predicted molar refractivity (Wildman–Crippen MR) is 203 cm³/mol. The Kier molecular flexibility index (Phi) is 12.4. The number of aromatic amines is 2. The number of amides is 4. The van der Waals surface area contributed by atoms with Crippen molar-refractivity contribution < 1.29 is 33.0 Å². The Morgan fingerprint density at radius 2 is 1.39 bits per heavy atom. The molecule has 0 radical (unpaired) electrons. The lowest BCUT2D eigenvalue weighted by molar-refractivity contribution is -0.134. The van der Waals surface area contributed by atoms with Crippen LogP contribution < -0.4 is 10.6 Å². The van der Waals surface area contributed by atoms with Gasteiger partial charge in [0.25, 0.3) is 0 Å². The maximum atomic E-state index is 15.7. The van der Waals surface area contributed by atoms with E-state index in [0.29, 0.717) is 17.2 Å². The number of carbonyl (C=O) groups excluding carboxylic acids is 4. The van der Waals surface area contributed by atoms with E-state index in [2.05, 4.69) is 35.1 Å².